The van der Waals surface area contributed by atoms with Gasteiger partial charge in [-0.2, -0.15) is 5.10 Å². The van der Waals surface area contributed by atoms with Crippen molar-refractivity contribution in [1.29, 1.82) is 0 Å². The van der Waals surface area contributed by atoms with Crippen LogP contribution >= 0.6 is 0 Å². The molecule has 1 aliphatic heterocycles. The summed E-state index contributed by atoms with van der Waals surface area (Å²) in [6.07, 6.45) is 1.82. The van der Waals surface area contributed by atoms with Gasteiger partial charge in [-0.1, -0.05) is 0 Å². The van der Waals surface area contributed by atoms with Crippen molar-refractivity contribution in [1.82, 2.24) is 14.5 Å². The van der Waals surface area contributed by atoms with Gasteiger partial charge in [0.15, 0.2) is 5.69 Å². The number of hydrogen-bond donors (Lipinski definition) is 2. The van der Waals surface area contributed by atoms with E-state index in [-0.39, 0.29) is 12.6 Å². The molecule has 3 rings (SSSR count). The maximum Gasteiger partial charge on any atom is 0.355 e. The number of methoxy groups -OCH3 is 1. The van der Waals surface area contributed by atoms with Crippen LogP contribution in [-0.2, 0) is 30.0 Å². The van der Waals surface area contributed by atoms with E-state index in [1.54, 1.807) is 6.07 Å². The van der Waals surface area contributed by atoms with Crippen molar-refractivity contribution in [3.05, 3.63) is 35.2 Å². The van der Waals surface area contributed by atoms with Gasteiger partial charge in [-0.05, 0) is 19.1 Å². The van der Waals surface area contributed by atoms with E-state index in [1.807, 2.05) is 13.0 Å². The number of aromatic carboxylic acids is 1. The first kappa shape index (κ1) is 18.2. The average molecular weight is 381 g/mol. The zero-order valence-corrected chi connectivity index (χ0v) is 15.3. The van der Waals surface area contributed by atoms with Crippen LogP contribution in [0.2, 0.25) is 0 Å². The first-order chi connectivity index (χ1) is 12.2. The van der Waals surface area contributed by atoms with Crippen LogP contribution in [0.4, 0.5) is 0 Å². The maximum absolute atomic E-state index is 12.5. The number of carboxylic acid groups (broad SMARTS) is 1. The molecule has 0 saturated heterocycles. The van der Waals surface area contributed by atoms with E-state index in [0.717, 1.165) is 22.9 Å². The number of fused-ring (bicyclic) bond motifs is 1. The summed E-state index contributed by atoms with van der Waals surface area (Å²) >= 11 is 0. The molecular weight excluding hydrogens is 362 g/mol. The molecule has 2 N–H and O–H groups in total. The van der Waals surface area contributed by atoms with Crippen LogP contribution in [0.3, 0.4) is 0 Å². The summed E-state index contributed by atoms with van der Waals surface area (Å²) in [5.41, 5.74) is 1.18. The monoisotopic (exact) mass is 381 g/mol. The molecule has 0 radical (unpaired) electrons. The third kappa shape index (κ3) is 3.25. The largest absolute Gasteiger partial charge is 0.496 e. The van der Waals surface area contributed by atoms with Gasteiger partial charge < -0.3 is 14.6 Å². The molecule has 1 atom stereocenters. The lowest BCUT2D eigenvalue weighted by molar-refractivity contribution is 0.0680. The number of carbonyl (C=O) groups is 1. The van der Waals surface area contributed by atoms with E-state index < -0.39 is 26.6 Å². The minimum atomic E-state index is -4.07. The topological polar surface area (TPSA) is 120 Å². The minimum absolute atomic E-state index is 0.0511. The quantitative estimate of drug-likeness (QED) is 0.764. The second-order valence-corrected chi connectivity index (χ2v) is 7.75. The first-order valence-electron chi connectivity index (χ1n) is 7.84. The summed E-state index contributed by atoms with van der Waals surface area (Å²) in [6, 6.07) is 3.57. The van der Waals surface area contributed by atoms with Crippen LogP contribution in [0.1, 0.15) is 28.5 Å². The highest BCUT2D eigenvalue weighted by atomic mass is 32.2. The van der Waals surface area contributed by atoms with Crippen molar-refractivity contribution in [2.75, 3.05) is 7.11 Å². The SMILES string of the molecule is COc1cc2c(cc1CNS(=O)(=O)c1cnn(C)c1C(=O)O)OC(C)C2. The lowest BCUT2D eigenvalue weighted by Crippen LogP contribution is -2.25. The van der Waals surface area contributed by atoms with E-state index in [9.17, 15) is 18.3 Å². The number of aryl methyl sites for hydroxylation is 1. The summed E-state index contributed by atoms with van der Waals surface area (Å²) in [5, 5.41) is 12.9. The Balaban J connectivity index is 1.87. The second-order valence-electron chi connectivity index (χ2n) is 6.02. The zero-order valence-electron chi connectivity index (χ0n) is 14.5. The Morgan fingerprint density at radius 1 is 1.50 bits per heavy atom. The fraction of sp³-hybridized carbons (Fsp3) is 0.375. The maximum atomic E-state index is 12.5. The highest BCUT2D eigenvalue weighted by Gasteiger charge is 2.27. The molecule has 1 aliphatic rings. The molecule has 0 aliphatic carbocycles. The van der Waals surface area contributed by atoms with Gasteiger partial charge in [0, 0.05) is 31.1 Å². The van der Waals surface area contributed by atoms with Crippen molar-refractivity contribution in [2.45, 2.75) is 30.9 Å². The fourth-order valence-electron chi connectivity index (χ4n) is 2.92. The van der Waals surface area contributed by atoms with Crippen LogP contribution < -0.4 is 14.2 Å². The number of nitrogens with zero attached hydrogens (tertiary/aromatic N) is 2. The van der Waals surface area contributed by atoms with Gasteiger partial charge >= 0.3 is 5.97 Å². The molecule has 2 heterocycles. The number of nitrogens with one attached hydrogen (secondary N) is 1. The summed E-state index contributed by atoms with van der Waals surface area (Å²) in [7, 11) is -1.21. The van der Waals surface area contributed by atoms with E-state index in [0.29, 0.717) is 17.1 Å². The summed E-state index contributed by atoms with van der Waals surface area (Å²) in [5.74, 6) is -0.142. The number of rotatable bonds is 6. The summed E-state index contributed by atoms with van der Waals surface area (Å²) in [4.78, 5) is 10.9. The van der Waals surface area contributed by atoms with Gasteiger partial charge in [0.2, 0.25) is 10.0 Å². The average Bonchev–Trinajstić information content (AvgIpc) is 3.13. The minimum Gasteiger partial charge on any atom is -0.496 e. The van der Waals surface area contributed by atoms with Crippen LogP contribution in [0.25, 0.3) is 0 Å². The predicted molar refractivity (Wildman–Crippen MR) is 91.0 cm³/mol. The van der Waals surface area contributed by atoms with Crippen molar-refractivity contribution in [3.8, 4) is 11.5 Å². The van der Waals surface area contributed by atoms with E-state index in [1.165, 1.54) is 14.2 Å². The molecule has 9 nitrogen and oxygen atoms in total. The predicted octanol–water partition coefficient (Wildman–Crippen LogP) is 0.929. The van der Waals surface area contributed by atoms with E-state index >= 15 is 0 Å². The summed E-state index contributed by atoms with van der Waals surface area (Å²) in [6.45, 7) is 1.87. The van der Waals surface area contributed by atoms with Gasteiger partial charge in [-0.15, -0.1) is 0 Å². The van der Waals surface area contributed by atoms with Crippen molar-refractivity contribution in [2.24, 2.45) is 7.05 Å². The Bertz CT molecular complexity index is 967. The number of aromatic nitrogens is 2. The van der Waals surface area contributed by atoms with Crippen molar-refractivity contribution in [3.63, 3.8) is 0 Å². The van der Waals surface area contributed by atoms with Crippen LogP contribution in [0.5, 0.6) is 11.5 Å². The lowest BCUT2D eigenvalue weighted by Gasteiger charge is -2.12. The van der Waals surface area contributed by atoms with E-state index in [4.69, 9.17) is 9.47 Å². The fourth-order valence-corrected chi connectivity index (χ4v) is 4.08. The third-order valence-electron chi connectivity index (χ3n) is 4.15. The molecule has 140 valence electrons. The van der Waals surface area contributed by atoms with Gasteiger partial charge in [-0.3, -0.25) is 4.68 Å². The zero-order chi connectivity index (χ0) is 19.1. The van der Waals surface area contributed by atoms with Crippen LogP contribution in [-0.4, -0.2) is 42.5 Å². The third-order valence-corrected chi connectivity index (χ3v) is 5.55. The molecular formula is C16H19N3O6S. The van der Waals surface area contributed by atoms with Gasteiger partial charge in [0.1, 0.15) is 22.5 Å². The molecule has 0 saturated carbocycles. The molecule has 0 bridgehead atoms. The number of hydrogen-bond acceptors (Lipinski definition) is 6. The molecule has 1 aromatic carbocycles. The number of ether oxygens (including phenoxy) is 2. The molecule has 10 heteroatoms. The second kappa shape index (κ2) is 6.61. The van der Waals surface area contributed by atoms with Gasteiger partial charge in [0.25, 0.3) is 0 Å². The normalized spacial score (nSPS) is 16.2. The Morgan fingerprint density at radius 2 is 2.23 bits per heavy atom. The molecule has 0 amide bonds. The Morgan fingerprint density at radius 3 is 2.88 bits per heavy atom. The number of sulfonamides is 1. The lowest BCUT2D eigenvalue weighted by atomic mass is 10.1. The standard InChI is InChI=1S/C16H19N3O6S/c1-9-4-10-5-12(24-3)11(6-13(10)25-9)7-18-26(22,23)14-8-17-19(2)15(14)16(20)21/h5-6,8-9,18H,4,7H2,1-3H3,(H,20,21). The van der Waals surface area contributed by atoms with Crippen LogP contribution in [0, 0.1) is 0 Å². The molecule has 1 aromatic heterocycles. The Kier molecular flexibility index (Phi) is 4.63. The Hall–Kier alpha value is -2.59. The smallest absolute Gasteiger partial charge is 0.355 e. The molecule has 2 aromatic rings. The molecule has 0 spiro atoms. The Labute approximate surface area is 150 Å². The number of carboxylic acids is 1. The highest BCUT2D eigenvalue weighted by Crippen LogP contribution is 2.35. The van der Waals surface area contributed by atoms with E-state index in [2.05, 4.69) is 9.82 Å². The van der Waals surface area contributed by atoms with Crippen molar-refractivity contribution < 1.29 is 27.8 Å². The van der Waals surface area contributed by atoms with Crippen molar-refractivity contribution >= 4 is 16.0 Å². The van der Waals surface area contributed by atoms with Gasteiger partial charge in [0.05, 0.1) is 13.3 Å². The van der Waals surface area contributed by atoms with Gasteiger partial charge in [-0.25, -0.2) is 17.9 Å². The molecule has 26 heavy (non-hydrogen) atoms. The molecule has 1 unspecified atom stereocenters. The molecule has 0 fully saturated rings. The number of benzene rings is 1. The van der Waals surface area contributed by atoms with Crippen LogP contribution in [0.15, 0.2) is 23.2 Å². The first-order valence-corrected chi connectivity index (χ1v) is 9.32. The highest BCUT2D eigenvalue weighted by molar-refractivity contribution is 7.89. The summed E-state index contributed by atoms with van der Waals surface area (Å²) < 4.78 is 39.5.